The zero-order chi connectivity index (χ0) is 14.1. The molecule has 1 rings (SSSR count). The second kappa shape index (κ2) is 8.89. The molecule has 1 heterocycles. The van der Waals surface area contributed by atoms with Gasteiger partial charge in [-0.15, -0.1) is 0 Å². The molecule has 0 amide bonds. The minimum absolute atomic E-state index is 0.292. The van der Waals surface area contributed by atoms with Gasteiger partial charge in [0.05, 0.1) is 11.5 Å². The second-order valence-corrected chi connectivity index (χ2v) is 7.46. The summed E-state index contributed by atoms with van der Waals surface area (Å²) in [5.74, 6) is 1.39. The van der Waals surface area contributed by atoms with E-state index in [9.17, 15) is 8.42 Å². The molecule has 1 saturated heterocycles. The van der Waals surface area contributed by atoms with E-state index < -0.39 is 9.84 Å². The SMILES string of the molecule is CNCC(CCOCCCOC)C1CCS(=O)(=O)C1. The van der Waals surface area contributed by atoms with Gasteiger partial charge in [-0.1, -0.05) is 0 Å². The van der Waals surface area contributed by atoms with Crippen LogP contribution in [-0.2, 0) is 19.3 Å². The first kappa shape index (κ1) is 16.9. The van der Waals surface area contributed by atoms with Crippen molar-refractivity contribution >= 4 is 9.84 Å². The number of rotatable bonds is 10. The monoisotopic (exact) mass is 293 g/mol. The first-order valence-corrected chi connectivity index (χ1v) is 8.83. The fourth-order valence-electron chi connectivity index (χ4n) is 2.60. The molecule has 0 bridgehead atoms. The second-order valence-electron chi connectivity index (χ2n) is 5.23. The number of methoxy groups -OCH3 is 1. The Balaban J connectivity index is 2.25. The zero-order valence-electron chi connectivity index (χ0n) is 12.1. The molecule has 0 aromatic rings. The van der Waals surface area contributed by atoms with E-state index in [1.54, 1.807) is 7.11 Å². The van der Waals surface area contributed by atoms with E-state index in [0.717, 1.165) is 32.4 Å². The van der Waals surface area contributed by atoms with Gasteiger partial charge in [-0.3, -0.25) is 0 Å². The molecule has 0 radical (unpaired) electrons. The summed E-state index contributed by atoms with van der Waals surface area (Å²) in [6.45, 7) is 3.00. The Bertz CT molecular complexity index is 332. The molecular weight excluding hydrogens is 266 g/mol. The Hall–Kier alpha value is -0.170. The molecule has 1 aliphatic heterocycles. The highest BCUT2D eigenvalue weighted by atomic mass is 32.2. The van der Waals surface area contributed by atoms with Gasteiger partial charge in [0.2, 0.25) is 0 Å². The standard InChI is InChI=1S/C13H27NO4S/c1-14-10-12(4-8-18-7-3-6-17-2)13-5-9-19(15,16)11-13/h12-14H,3-11H2,1-2H3. The summed E-state index contributed by atoms with van der Waals surface area (Å²) in [7, 11) is 0.810. The van der Waals surface area contributed by atoms with Crippen LogP contribution in [0.15, 0.2) is 0 Å². The topological polar surface area (TPSA) is 64.6 Å². The quantitative estimate of drug-likeness (QED) is 0.601. The molecule has 2 atom stereocenters. The molecule has 114 valence electrons. The molecule has 0 spiro atoms. The maximum Gasteiger partial charge on any atom is 0.150 e. The molecule has 5 nitrogen and oxygen atoms in total. The van der Waals surface area contributed by atoms with Gasteiger partial charge in [0.1, 0.15) is 0 Å². The van der Waals surface area contributed by atoms with Crippen LogP contribution in [0.4, 0.5) is 0 Å². The summed E-state index contributed by atoms with van der Waals surface area (Å²) in [5.41, 5.74) is 0. The molecule has 1 fully saturated rings. The van der Waals surface area contributed by atoms with Crippen molar-refractivity contribution in [3.63, 3.8) is 0 Å². The van der Waals surface area contributed by atoms with E-state index in [2.05, 4.69) is 5.32 Å². The Labute approximate surface area is 117 Å². The van der Waals surface area contributed by atoms with Crippen molar-refractivity contribution in [2.75, 3.05) is 52.0 Å². The van der Waals surface area contributed by atoms with Gasteiger partial charge < -0.3 is 14.8 Å². The van der Waals surface area contributed by atoms with Gasteiger partial charge in [0.15, 0.2) is 9.84 Å². The van der Waals surface area contributed by atoms with Crippen LogP contribution in [0.25, 0.3) is 0 Å². The van der Waals surface area contributed by atoms with E-state index in [4.69, 9.17) is 9.47 Å². The van der Waals surface area contributed by atoms with Crippen molar-refractivity contribution in [2.24, 2.45) is 11.8 Å². The summed E-state index contributed by atoms with van der Waals surface area (Å²) in [6, 6.07) is 0. The largest absolute Gasteiger partial charge is 0.385 e. The van der Waals surface area contributed by atoms with Crippen molar-refractivity contribution in [1.29, 1.82) is 0 Å². The molecule has 0 saturated carbocycles. The molecule has 1 N–H and O–H groups in total. The zero-order valence-corrected chi connectivity index (χ0v) is 12.9. The Morgan fingerprint density at radius 1 is 1.32 bits per heavy atom. The average molecular weight is 293 g/mol. The summed E-state index contributed by atoms with van der Waals surface area (Å²) in [4.78, 5) is 0. The van der Waals surface area contributed by atoms with Crippen molar-refractivity contribution < 1.29 is 17.9 Å². The van der Waals surface area contributed by atoms with Crippen LogP contribution < -0.4 is 5.32 Å². The third-order valence-corrected chi connectivity index (χ3v) is 5.46. The molecule has 6 heteroatoms. The number of ether oxygens (including phenoxy) is 2. The van der Waals surface area contributed by atoms with Gasteiger partial charge >= 0.3 is 0 Å². The Morgan fingerprint density at radius 2 is 2.11 bits per heavy atom. The van der Waals surface area contributed by atoms with E-state index in [-0.39, 0.29) is 0 Å². The molecule has 1 aliphatic rings. The van der Waals surface area contributed by atoms with Crippen LogP contribution in [0.2, 0.25) is 0 Å². The number of hydrogen-bond donors (Lipinski definition) is 1. The van der Waals surface area contributed by atoms with Crippen molar-refractivity contribution in [2.45, 2.75) is 19.3 Å². The van der Waals surface area contributed by atoms with E-state index in [1.165, 1.54) is 0 Å². The number of nitrogens with one attached hydrogen (secondary N) is 1. The van der Waals surface area contributed by atoms with E-state index >= 15 is 0 Å². The Morgan fingerprint density at radius 3 is 2.68 bits per heavy atom. The van der Waals surface area contributed by atoms with Crippen LogP contribution in [0.5, 0.6) is 0 Å². The maximum absolute atomic E-state index is 11.5. The normalized spacial score (nSPS) is 23.6. The predicted molar refractivity (Wildman–Crippen MR) is 76.1 cm³/mol. The highest BCUT2D eigenvalue weighted by Gasteiger charge is 2.33. The van der Waals surface area contributed by atoms with Crippen LogP contribution >= 0.6 is 0 Å². The van der Waals surface area contributed by atoms with Gasteiger partial charge in [-0.2, -0.15) is 0 Å². The molecule has 19 heavy (non-hydrogen) atoms. The lowest BCUT2D eigenvalue weighted by molar-refractivity contribution is 0.0888. The van der Waals surface area contributed by atoms with E-state index in [0.29, 0.717) is 36.6 Å². The number of hydrogen-bond acceptors (Lipinski definition) is 5. The first-order chi connectivity index (χ1) is 9.09. The molecule has 0 aromatic heterocycles. The van der Waals surface area contributed by atoms with Gasteiger partial charge in [-0.05, 0) is 44.7 Å². The average Bonchev–Trinajstić information content (AvgIpc) is 2.72. The van der Waals surface area contributed by atoms with Crippen LogP contribution in [0.3, 0.4) is 0 Å². The van der Waals surface area contributed by atoms with Gasteiger partial charge in [0.25, 0.3) is 0 Å². The summed E-state index contributed by atoms with van der Waals surface area (Å²) < 4.78 is 33.6. The van der Waals surface area contributed by atoms with Gasteiger partial charge in [-0.25, -0.2) is 8.42 Å². The smallest absolute Gasteiger partial charge is 0.150 e. The third kappa shape index (κ3) is 6.70. The lowest BCUT2D eigenvalue weighted by Crippen LogP contribution is -2.28. The van der Waals surface area contributed by atoms with Crippen LogP contribution in [-0.4, -0.2) is 60.4 Å². The fraction of sp³-hybridized carbons (Fsp3) is 1.00. The highest BCUT2D eigenvalue weighted by molar-refractivity contribution is 7.91. The molecule has 0 aromatic carbocycles. The van der Waals surface area contributed by atoms with Crippen LogP contribution in [0, 0.1) is 11.8 Å². The van der Waals surface area contributed by atoms with Crippen LogP contribution in [0.1, 0.15) is 19.3 Å². The summed E-state index contributed by atoms with van der Waals surface area (Å²) in [6.07, 6.45) is 2.64. The lowest BCUT2D eigenvalue weighted by atomic mass is 9.89. The Kier molecular flexibility index (Phi) is 7.90. The summed E-state index contributed by atoms with van der Waals surface area (Å²) >= 11 is 0. The number of sulfone groups is 1. The van der Waals surface area contributed by atoms with Crippen molar-refractivity contribution in [1.82, 2.24) is 5.32 Å². The van der Waals surface area contributed by atoms with Gasteiger partial charge in [0, 0.05) is 26.9 Å². The first-order valence-electron chi connectivity index (χ1n) is 7.00. The predicted octanol–water partition coefficient (Wildman–Crippen LogP) is 0.700. The minimum Gasteiger partial charge on any atom is -0.385 e. The minimum atomic E-state index is -2.79. The lowest BCUT2D eigenvalue weighted by Gasteiger charge is -2.22. The molecule has 2 unspecified atom stereocenters. The van der Waals surface area contributed by atoms with Crippen molar-refractivity contribution in [3.8, 4) is 0 Å². The fourth-order valence-corrected chi connectivity index (χ4v) is 4.52. The maximum atomic E-state index is 11.5. The third-order valence-electron chi connectivity index (χ3n) is 3.67. The molecular formula is C13H27NO4S. The highest BCUT2D eigenvalue weighted by Crippen LogP contribution is 2.27. The van der Waals surface area contributed by atoms with E-state index in [1.807, 2.05) is 7.05 Å². The molecule has 0 aliphatic carbocycles. The summed E-state index contributed by atoms with van der Waals surface area (Å²) in [5, 5.41) is 3.16. The van der Waals surface area contributed by atoms with Crippen molar-refractivity contribution in [3.05, 3.63) is 0 Å².